The van der Waals surface area contributed by atoms with E-state index in [0.717, 1.165) is 5.56 Å². The van der Waals surface area contributed by atoms with Gasteiger partial charge in [-0.25, -0.2) is 4.39 Å². The van der Waals surface area contributed by atoms with Crippen molar-refractivity contribution < 1.29 is 8.91 Å². The van der Waals surface area contributed by atoms with E-state index in [1.54, 1.807) is 38.2 Å². The third-order valence-corrected chi connectivity index (χ3v) is 3.94. The number of hydrogen-bond donors (Lipinski definition) is 1. The van der Waals surface area contributed by atoms with Crippen LogP contribution in [-0.2, 0) is 6.54 Å². The highest BCUT2D eigenvalue weighted by molar-refractivity contribution is 5.69. The molecular formula is C18H15FN4O2. The summed E-state index contributed by atoms with van der Waals surface area (Å²) in [7, 11) is 0. The van der Waals surface area contributed by atoms with E-state index in [9.17, 15) is 9.18 Å². The molecule has 0 aliphatic rings. The molecule has 25 heavy (non-hydrogen) atoms. The molecule has 0 atom stereocenters. The third kappa shape index (κ3) is 3.02. The molecule has 3 rings (SSSR count). The fourth-order valence-electron chi connectivity index (χ4n) is 2.75. The van der Waals surface area contributed by atoms with Crippen LogP contribution in [0.2, 0.25) is 0 Å². The molecule has 6 nitrogen and oxygen atoms in total. The fraction of sp³-hybridized carbons (Fsp3) is 0.167. The zero-order chi connectivity index (χ0) is 18.1. The van der Waals surface area contributed by atoms with Gasteiger partial charge in [0.1, 0.15) is 17.6 Å². The molecular weight excluding hydrogens is 323 g/mol. The number of nitriles is 1. The number of nitrogens with two attached hydrogens (primary N) is 1. The number of nitrogens with zero attached hydrogens (tertiary/aromatic N) is 3. The van der Waals surface area contributed by atoms with Gasteiger partial charge >= 0.3 is 0 Å². The molecule has 0 amide bonds. The zero-order valence-corrected chi connectivity index (χ0v) is 13.7. The zero-order valence-electron chi connectivity index (χ0n) is 13.7. The van der Waals surface area contributed by atoms with Crippen LogP contribution < -0.4 is 11.3 Å². The lowest BCUT2D eigenvalue weighted by molar-refractivity contribution is 0.393. The van der Waals surface area contributed by atoms with Gasteiger partial charge in [0.25, 0.3) is 5.56 Å². The van der Waals surface area contributed by atoms with Gasteiger partial charge in [-0.3, -0.25) is 4.79 Å². The van der Waals surface area contributed by atoms with E-state index in [0.29, 0.717) is 22.6 Å². The normalized spacial score (nSPS) is 10.6. The number of pyridine rings is 1. The van der Waals surface area contributed by atoms with Crippen LogP contribution in [0.3, 0.4) is 0 Å². The molecule has 0 bridgehead atoms. The molecule has 126 valence electrons. The third-order valence-electron chi connectivity index (χ3n) is 3.94. The molecule has 1 aromatic carbocycles. The summed E-state index contributed by atoms with van der Waals surface area (Å²) >= 11 is 0. The van der Waals surface area contributed by atoms with Crippen molar-refractivity contribution in [1.29, 1.82) is 5.26 Å². The number of aromatic nitrogens is 2. The lowest BCUT2D eigenvalue weighted by Gasteiger charge is -2.11. The molecule has 7 heteroatoms. The Kier molecular flexibility index (Phi) is 4.11. The Morgan fingerprint density at radius 3 is 2.72 bits per heavy atom. The maximum Gasteiger partial charge on any atom is 0.274 e. The van der Waals surface area contributed by atoms with Gasteiger partial charge in [-0.2, -0.15) is 5.26 Å². The highest BCUT2D eigenvalue weighted by atomic mass is 19.1. The second kappa shape index (κ2) is 6.24. The first-order valence-electron chi connectivity index (χ1n) is 7.52. The highest BCUT2D eigenvalue weighted by Crippen LogP contribution is 2.27. The van der Waals surface area contributed by atoms with Crippen LogP contribution in [0, 0.1) is 31.0 Å². The highest BCUT2D eigenvalue weighted by Gasteiger charge is 2.15. The molecule has 0 fully saturated rings. The Morgan fingerprint density at radius 1 is 1.36 bits per heavy atom. The van der Waals surface area contributed by atoms with Crippen molar-refractivity contribution in [2.24, 2.45) is 0 Å². The number of benzene rings is 1. The number of halogens is 1. The summed E-state index contributed by atoms with van der Waals surface area (Å²) in [6.07, 6.45) is 1.64. The first-order valence-corrected chi connectivity index (χ1v) is 7.52. The average molecular weight is 338 g/mol. The fourth-order valence-corrected chi connectivity index (χ4v) is 2.75. The summed E-state index contributed by atoms with van der Waals surface area (Å²) < 4.78 is 20.3. The molecule has 0 aliphatic carbocycles. The van der Waals surface area contributed by atoms with Crippen LogP contribution >= 0.6 is 0 Å². The monoisotopic (exact) mass is 338 g/mol. The van der Waals surface area contributed by atoms with Gasteiger partial charge in [0.05, 0.1) is 23.5 Å². The lowest BCUT2D eigenvalue weighted by atomic mass is 10.1. The molecule has 0 saturated heterocycles. The molecule has 0 unspecified atom stereocenters. The topological polar surface area (TPSA) is 97.8 Å². The Balaban J connectivity index is 2.07. The van der Waals surface area contributed by atoms with Crippen molar-refractivity contribution in [3.63, 3.8) is 0 Å². The van der Waals surface area contributed by atoms with Crippen molar-refractivity contribution in [2.75, 3.05) is 5.73 Å². The predicted octanol–water partition coefficient (Wildman–Crippen LogP) is 2.76. The Hall–Kier alpha value is -3.40. The van der Waals surface area contributed by atoms with Crippen LogP contribution in [-0.4, -0.2) is 9.72 Å². The second-order valence-electron chi connectivity index (χ2n) is 5.74. The minimum atomic E-state index is -0.622. The van der Waals surface area contributed by atoms with Gasteiger partial charge in [0.15, 0.2) is 0 Å². The quantitative estimate of drug-likeness (QED) is 0.792. The van der Waals surface area contributed by atoms with E-state index in [2.05, 4.69) is 5.16 Å². The van der Waals surface area contributed by atoms with Gasteiger partial charge in [-0.05, 0) is 37.6 Å². The number of rotatable bonds is 3. The van der Waals surface area contributed by atoms with E-state index < -0.39 is 5.82 Å². The Labute approximate surface area is 142 Å². The Bertz CT molecular complexity index is 1040. The minimum absolute atomic E-state index is 0.0416. The average Bonchev–Trinajstić information content (AvgIpc) is 2.90. The summed E-state index contributed by atoms with van der Waals surface area (Å²) in [6, 6.07) is 7.57. The summed E-state index contributed by atoms with van der Waals surface area (Å²) in [4.78, 5) is 12.3. The molecule has 2 heterocycles. The summed E-state index contributed by atoms with van der Waals surface area (Å²) in [5, 5.41) is 12.7. The Morgan fingerprint density at radius 2 is 2.12 bits per heavy atom. The van der Waals surface area contributed by atoms with Crippen molar-refractivity contribution in [3.05, 3.63) is 69.2 Å². The van der Waals surface area contributed by atoms with Crippen molar-refractivity contribution >= 4 is 5.69 Å². The van der Waals surface area contributed by atoms with Gasteiger partial charge in [0.2, 0.25) is 0 Å². The SMILES string of the molecule is Cc1noc(C)c1-c1cc(N)c(=O)n(Cc2ccc(C#N)c(F)c2)c1. The van der Waals surface area contributed by atoms with Crippen molar-refractivity contribution in [2.45, 2.75) is 20.4 Å². The summed E-state index contributed by atoms with van der Waals surface area (Å²) in [5.41, 5.74) is 8.22. The summed E-state index contributed by atoms with van der Waals surface area (Å²) in [5.74, 6) is -0.00517. The van der Waals surface area contributed by atoms with Crippen LogP contribution in [0.4, 0.5) is 10.1 Å². The smallest absolute Gasteiger partial charge is 0.274 e. The van der Waals surface area contributed by atoms with Gasteiger partial charge in [0, 0.05) is 17.3 Å². The second-order valence-corrected chi connectivity index (χ2v) is 5.74. The largest absolute Gasteiger partial charge is 0.394 e. The van der Waals surface area contributed by atoms with Gasteiger partial charge in [-0.15, -0.1) is 0 Å². The molecule has 2 aromatic heterocycles. The number of nitrogen functional groups attached to an aromatic ring is 1. The van der Waals surface area contributed by atoms with E-state index in [-0.39, 0.29) is 23.4 Å². The maximum absolute atomic E-state index is 13.8. The van der Waals surface area contributed by atoms with E-state index >= 15 is 0 Å². The van der Waals surface area contributed by atoms with Gasteiger partial charge < -0.3 is 14.8 Å². The maximum atomic E-state index is 13.8. The van der Waals surface area contributed by atoms with Gasteiger partial charge in [-0.1, -0.05) is 11.2 Å². The molecule has 0 saturated carbocycles. The molecule has 0 aliphatic heterocycles. The van der Waals surface area contributed by atoms with Crippen LogP contribution in [0.1, 0.15) is 22.6 Å². The van der Waals surface area contributed by atoms with E-state index in [1.807, 2.05) is 0 Å². The first-order chi connectivity index (χ1) is 11.9. The minimum Gasteiger partial charge on any atom is -0.394 e. The van der Waals surface area contributed by atoms with E-state index in [4.69, 9.17) is 15.5 Å². The molecule has 3 aromatic rings. The number of aryl methyl sites for hydroxylation is 2. The van der Waals surface area contributed by atoms with Crippen molar-refractivity contribution in [1.82, 2.24) is 9.72 Å². The van der Waals surface area contributed by atoms with Crippen molar-refractivity contribution in [3.8, 4) is 17.2 Å². The molecule has 2 N–H and O–H groups in total. The molecule has 0 spiro atoms. The predicted molar refractivity (Wildman–Crippen MR) is 90.3 cm³/mol. The lowest BCUT2D eigenvalue weighted by Crippen LogP contribution is -2.23. The number of hydrogen-bond acceptors (Lipinski definition) is 5. The number of anilines is 1. The first kappa shape index (κ1) is 16.5. The van der Waals surface area contributed by atoms with Crippen LogP contribution in [0.5, 0.6) is 0 Å². The van der Waals surface area contributed by atoms with Crippen LogP contribution in [0.15, 0.2) is 39.8 Å². The summed E-state index contributed by atoms with van der Waals surface area (Å²) in [6.45, 7) is 3.70. The van der Waals surface area contributed by atoms with Crippen LogP contribution in [0.25, 0.3) is 11.1 Å². The standard InChI is InChI=1S/C18H15FN4O2/c1-10-17(11(2)25-22-10)14-6-16(21)18(24)23(9-14)8-12-3-4-13(7-20)15(19)5-12/h3-6,9H,8,21H2,1-2H3. The van der Waals surface area contributed by atoms with E-state index in [1.165, 1.54) is 16.7 Å². The molecule has 0 radical (unpaired) electrons.